The number of carbonyl (C=O) groups is 2. The second kappa shape index (κ2) is 41.7. The summed E-state index contributed by atoms with van der Waals surface area (Å²) in [5.41, 5.74) is 0. The largest absolute Gasteiger partial charge is 0.472 e. The summed E-state index contributed by atoms with van der Waals surface area (Å²) in [5, 5.41) is 10.1. The van der Waals surface area contributed by atoms with Gasteiger partial charge in [-0.1, -0.05) is 164 Å². The fraction of sp³-hybridized carbons (Fsp3) is 0.760. The number of hydrogen-bond acceptors (Lipinski definition) is 8. The Hall–Kier alpha value is -2.33. The van der Waals surface area contributed by atoms with E-state index in [1.807, 2.05) is 57.6 Å². The first-order chi connectivity index (χ1) is 29.4. The third-order valence-electron chi connectivity index (χ3n) is 10.1. The number of ether oxygens (including phenoxy) is 2. The Labute approximate surface area is 373 Å². The van der Waals surface area contributed by atoms with E-state index in [0.29, 0.717) is 30.3 Å². The van der Waals surface area contributed by atoms with Gasteiger partial charge in [-0.3, -0.25) is 18.6 Å². The minimum absolute atomic E-state index is 0.00764. The van der Waals surface area contributed by atoms with Gasteiger partial charge in [-0.2, -0.15) is 0 Å². The lowest BCUT2D eigenvalue weighted by Gasteiger charge is -2.24. The Morgan fingerprint density at radius 3 is 1.74 bits per heavy atom. The first-order valence-electron chi connectivity index (χ1n) is 24.1. The Kier molecular flexibility index (Phi) is 40.1. The zero-order valence-electron chi connectivity index (χ0n) is 39.5. The predicted octanol–water partition coefficient (Wildman–Crippen LogP) is 13.0. The molecule has 0 aliphatic heterocycles. The maximum atomic E-state index is 12.7. The van der Waals surface area contributed by atoms with Crippen molar-refractivity contribution in [2.75, 3.05) is 47.5 Å². The lowest BCUT2D eigenvalue weighted by molar-refractivity contribution is -0.870. The van der Waals surface area contributed by atoms with Gasteiger partial charge in [0, 0.05) is 12.8 Å². The van der Waals surface area contributed by atoms with Gasteiger partial charge >= 0.3 is 19.8 Å². The van der Waals surface area contributed by atoms with E-state index in [1.165, 1.54) is 103 Å². The van der Waals surface area contributed by atoms with E-state index < -0.39 is 38.6 Å². The van der Waals surface area contributed by atoms with Crippen molar-refractivity contribution in [2.24, 2.45) is 0 Å². The predicted molar refractivity (Wildman–Crippen MR) is 253 cm³/mol. The highest BCUT2D eigenvalue weighted by atomic mass is 31.2. The second-order valence-electron chi connectivity index (χ2n) is 17.3. The summed E-state index contributed by atoms with van der Waals surface area (Å²) < 4.78 is 34.3. The molecule has 0 radical (unpaired) electrons. The molecular formula is C50H91NO9P+. The number of likely N-dealkylation sites (N-methyl/N-ethyl adjacent to an activating group) is 1. The fourth-order valence-corrected chi connectivity index (χ4v) is 7.00. The number of aliphatic hydroxyl groups excluding tert-OH is 1. The molecule has 3 atom stereocenters. The van der Waals surface area contributed by atoms with Gasteiger partial charge < -0.3 is 24.0 Å². The molecule has 0 heterocycles. The molecule has 0 aromatic heterocycles. The van der Waals surface area contributed by atoms with E-state index in [-0.39, 0.29) is 26.1 Å². The van der Waals surface area contributed by atoms with Gasteiger partial charge in [0.1, 0.15) is 19.8 Å². The average Bonchev–Trinajstić information content (AvgIpc) is 3.21. The van der Waals surface area contributed by atoms with Crippen LogP contribution in [0.3, 0.4) is 0 Å². The van der Waals surface area contributed by atoms with Crippen molar-refractivity contribution in [2.45, 2.75) is 199 Å². The zero-order valence-corrected chi connectivity index (χ0v) is 40.4. The van der Waals surface area contributed by atoms with Crippen molar-refractivity contribution in [3.8, 4) is 0 Å². The van der Waals surface area contributed by atoms with Crippen LogP contribution in [0.2, 0.25) is 0 Å². The van der Waals surface area contributed by atoms with Crippen molar-refractivity contribution in [3.05, 3.63) is 60.8 Å². The number of carbonyl (C=O) groups excluding carboxylic acids is 2. The maximum absolute atomic E-state index is 12.7. The quantitative estimate of drug-likeness (QED) is 0.0154. The summed E-state index contributed by atoms with van der Waals surface area (Å²) in [5.74, 6) is -0.908. The van der Waals surface area contributed by atoms with Crippen molar-refractivity contribution in [3.63, 3.8) is 0 Å². The van der Waals surface area contributed by atoms with Crippen LogP contribution < -0.4 is 0 Å². The molecule has 354 valence electrons. The van der Waals surface area contributed by atoms with Crippen LogP contribution in [0, 0.1) is 0 Å². The number of quaternary nitrogens is 1. The molecule has 0 aliphatic carbocycles. The number of phosphoric acid groups is 1. The molecule has 0 rings (SSSR count). The Balaban J connectivity index is 4.44. The lowest BCUT2D eigenvalue weighted by atomic mass is 10.1. The smallest absolute Gasteiger partial charge is 0.462 e. The van der Waals surface area contributed by atoms with Crippen molar-refractivity contribution in [1.29, 1.82) is 0 Å². The number of allylic oxidation sites excluding steroid dienone is 8. The molecule has 0 saturated carbocycles. The Morgan fingerprint density at radius 1 is 0.590 bits per heavy atom. The number of phosphoric ester groups is 1. The van der Waals surface area contributed by atoms with Gasteiger partial charge in [0.15, 0.2) is 6.10 Å². The second-order valence-corrected chi connectivity index (χ2v) is 18.8. The minimum atomic E-state index is -4.41. The summed E-state index contributed by atoms with van der Waals surface area (Å²) in [4.78, 5) is 35.4. The first-order valence-corrected chi connectivity index (χ1v) is 25.6. The fourth-order valence-electron chi connectivity index (χ4n) is 6.26. The zero-order chi connectivity index (χ0) is 45.1. The van der Waals surface area contributed by atoms with Crippen LogP contribution in [0.1, 0.15) is 187 Å². The number of unbranched alkanes of at least 4 members (excludes halogenated alkanes) is 19. The highest BCUT2D eigenvalue weighted by Crippen LogP contribution is 2.43. The Bertz CT molecular complexity index is 1240. The molecule has 0 spiro atoms. The van der Waals surface area contributed by atoms with Crippen LogP contribution in [0.4, 0.5) is 0 Å². The van der Waals surface area contributed by atoms with Gasteiger partial charge in [-0.25, -0.2) is 4.57 Å². The van der Waals surface area contributed by atoms with E-state index in [1.54, 1.807) is 6.08 Å². The van der Waals surface area contributed by atoms with Crippen LogP contribution in [-0.4, -0.2) is 86.1 Å². The molecule has 0 saturated heterocycles. The minimum Gasteiger partial charge on any atom is -0.462 e. The van der Waals surface area contributed by atoms with Crippen LogP contribution in [0.5, 0.6) is 0 Å². The number of aliphatic hydroxyl groups is 1. The first kappa shape index (κ1) is 58.7. The molecule has 0 amide bonds. The van der Waals surface area contributed by atoms with Crippen LogP contribution in [0.25, 0.3) is 0 Å². The van der Waals surface area contributed by atoms with Crippen LogP contribution in [0.15, 0.2) is 60.8 Å². The highest BCUT2D eigenvalue weighted by molar-refractivity contribution is 7.47. The summed E-state index contributed by atoms with van der Waals surface area (Å²) in [7, 11) is 1.40. The highest BCUT2D eigenvalue weighted by Gasteiger charge is 2.27. The van der Waals surface area contributed by atoms with Crippen molar-refractivity contribution in [1.82, 2.24) is 0 Å². The molecule has 11 heteroatoms. The normalized spacial score (nSPS) is 14.5. The number of esters is 2. The number of rotatable bonds is 43. The summed E-state index contributed by atoms with van der Waals surface area (Å²) in [6.45, 7) is 4.23. The SMILES string of the molecule is CCCCC/C=C\C=C/[C@H](O)C/C=C\C/C=C/CCCC(=O)O[C@H](COC(=O)CCCCCCCCCCC/C=C\CCCCCCCC)COP(=O)(O)OCC[N+](C)(C)C. The standard InChI is InChI=1S/C50H90NO9P/c1-6-8-10-12-14-15-16-17-18-19-20-21-22-23-24-25-29-33-37-41-49(53)57-45-48(46-59-61(55,56)58-44-43-51(3,4)5)60-50(54)42-38-34-30-26-28-32-36-40-47(52)39-35-31-27-13-11-9-7-2/h17-18,26-27,30-32,35-36,39,47-48,52H,6-16,19-25,28-29,33-34,37-38,40-46H2,1-5H3/p+1/b18-17-,30-26+,31-27-,36-32-,39-35-/t47-,48+/m0/s1. The van der Waals surface area contributed by atoms with Gasteiger partial charge in [-0.15, -0.1) is 0 Å². The lowest BCUT2D eigenvalue weighted by Crippen LogP contribution is -2.37. The van der Waals surface area contributed by atoms with Gasteiger partial charge in [0.2, 0.25) is 0 Å². The van der Waals surface area contributed by atoms with Crippen LogP contribution >= 0.6 is 7.82 Å². The number of nitrogens with zero attached hydrogens (tertiary/aromatic N) is 1. The van der Waals surface area contributed by atoms with E-state index >= 15 is 0 Å². The van der Waals surface area contributed by atoms with E-state index in [4.69, 9.17) is 18.5 Å². The topological polar surface area (TPSA) is 129 Å². The van der Waals surface area contributed by atoms with Gasteiger partial charge in [0.25, 0.3) is 0 Å². The van der Waals surface area contributed by atoms with Crippen molar-refractivity contribution >= 4 is 19.8 Å². The molecule has 2 N–H and O–H groups in total. The summed E-state index contributed by atoms with van der Waals surface area (Å²) >= 11 is 0. The monoisotopic (exact) mass is 881 g/mol. The van der Waals surface area contributed by atoms with Gasteiger partial charge in [0.05, 0.1) is 33.9 Å². The van der Waals surface area contributed by atoms with Crippen LogP contribution in [-0.2, 0) is 32.7 Å². The van der Waals surface area contributed by atoms with E-state index in [2.05, 4.69) is 32.1 Å². The third-order valence-corrected chi connectivity index (χ3v) is 11.1. The van der Waals surface area contributed by atoms with E-state index in [9.17, 15) is 24.2 Å². The molecule has 0 bridgehead atoms. The maximum Gasteiger partial charge on any atom is 0.472 e. The molecule has 0 aromatic carbocycles. The molecule has 1 unspecified atom stereocenters. The molecular weight excluding hydrogens is 790 g/mol. The van der Waals surface area contributed by atoms with Gasteiger partial charge in [-0.05, 0) is 70.6 Å². The summed E-state index contributed by atoms with van der Waals surface area (Å²) in [6.07, 6.45) is 47.3. The molecule has 10 nitrogen and oxygen atoms in total. The molecule has 0 aromatic rings. The van der Waals surface area contributed by atoms with Crippen molar-refractivity contribution < 1.29 is 47.2 Å². The molecule has 0 aliphatic rings. The average molecular weight is 881 g/mol. The number of hydrogen-bond donors (Lipinski definition) is 2. The molecule has 61 heavy (non-hydrogen) atoms. The third kappa shape index (κ3) is 45.5. The van der Waals surface area contributed by atoms with E-state index in [0.717, 1.165) is 38.5 Å². The Morgan fingerprint density at radius 2 is 1.10 bits per heavy atom. The molecule has 0 fully saturated rings. The summed E-state index contributed by atoms with van der Waals surface area (Å²) in [6, 6.07) is 0.